The molecule has 0 bridgehead atoms. The van der Waals surface area contributed by atoms with E-state index < -0.39 is 0 Å². The van der Waals surface area contributed by atoms with Crippen molar-refractivity contribution in [3.8, 4) is 5.88 Å². The number of aromatic nitrogens is 2. The summed E-state index contributed by atoms with van der Waals surface area (Å²) in [5.41, 5.74) is 2.88. The van der Waals surface area contributed by atoms with Gasteiger partial charge in [-0.05, 0) is 69.4 Å². The number of carbonyl (C=O) groups is 1. The fourth-order valence-corrected chi connectivity index (χ4v) is 3.46. The van der Waals surface area contributed by atoms with Crippen molar-refractivity contribution in [3.05, 3.63) is 53.5 Å². The summed E-state index contributed by atoms with van der Waals surface area (Å²) in [5, 5.41) is 0. The fraction of sp³-hybridized carbons (Fsp3) is 0.450. The van der Waals surface area contributed by atoms with Gasteiger partial charge in [0.15, 0.2) is 0 Å². The summed E-state index contributed by atoms with van der Waals surface area (Å²) in [4.78, 5) is 23.5. The molecule has 0 saturated carbocycles. The molecule has 1 atom stereocenters. The quantitative estimate of drug-likeness (QED) is 0.809. The van der Waals surface area contributed by atoms with E-state index in [2.05, 4.69) is 22.1 Å². The third-order valence-corrected chi connectivity index (χ3v) is 4.65. The molecule has 1 aliphatic rings. The van der Waals surface area contributed by atoms with Gasteiger partial charge in [0, 0.05) is 30.7 Å². The van der Waals surface area contributed by atoms with Gasteiger partial charge in [-0.2, -0.15) is 0 Å². The third kappa shape index (κ3) is 4.16. The van der Waals surface area contributed by atoms with E-state index >= 15 is 0 Å². The monoisotopic (exact) mass is 339 g/mol. The first-order valence-corrected chi connectivity index (χ1v) is 8.99. The van der Waals surface area contributed by atoms with E-state index in [1.807, 2.05) is 31.0 Å². The maximum Gasteiger partial charge on any atom is 0.259 e. The van der Waals surface area contributed by atoms with Gasteiger partial charge in [0.1, 0.15) is 5.56 Å². The van der Waals surface area contributed by atoms with Gasteiger partial charge in [0.25, 0.3) is 5.91 Å². The first kappa shape index (κ1) is 17.4. The average molecular weight is 339 g/mol. The van der Waals surface area contributed by atoms with Gasteiger partial charge < -0.3 is 9.64 Å². The molecule has 0 aromatic carbocycles. The lowest BCUT2D eigenvalue weighted by Crippen LogP contribution is -2.36. The molecule has 0 aliphatic carbocycles. The lowest BCUT2D eigenvalue weighted by molar-refractivity contribution is 0.0725. The molecule has 1 amide bonds. The topological polar surface area (TPSA) is 55.3 Å². The zero-order valence-electron chi connectivity index (χ0n) is 14.9. The third-order valence-electron chi connectivity index (χ3n) is 4.65. The minimum absolute atomic E-state index is 0.0324. The molecular weight excluding hydrogens is 314 g/mol. The minimum Gasteiger partial charge on any atom is -0.477 e. The predicted molar refractivity (Wildman–Crippen MR) is 96.8 cm³/mol. The highest BCUT2D eigenvalue weighted by molar-refractivity contribution is 5.96. The van der Waals surface area contributed by atoms with Crippen molar-refractivity contribution >= 4 is 5.91 Å². The first-order chi connectivity index (χ1) is 12.2. The highest BCUT2D eigenvalue weighted by Crippen LogP contribution is 2.26. The Balaban J connectivity index is 1.70. The molecule has 2 aromatic rings. The predicted octanol–water partition coefficient (Wildman–Crippen LogP) is 3.42. The van der Waals surface area contributed by atoms with Crippen molar-refractivity contribution in [3.63, 3.8) is 0 Å². The van der Waals surface area contributed by atoms with Gasteiger partial charge in [-0.25, -0.2) is 4.98 Å². The van der Waals surface area contributed by atoms with Crippen LogP contribution in [0.1, 0.15) is 47.8 Å². The van der Waals surface area contributed by atoms with E-state index in [1.54, 1.807) is 12.3 Å². The zero-order valence-corrected chi connectivity index (χ0v) is 14.9. The van der Waals surface area contributed by atoms with Crippen molar-refractivity contribution in [1.29, 1.82) is 0 Å². The number of rotatable bonds is 6. The molecule has 3 heterocycles. The summed E-state index contributed by atoms with van der Waals surface area (Å²) in [6.07, 6.45) is 7.56. The number of amides is 1. The van der Waals surface area contributed by atoms with Crippen LogP contribution in [0.5, 0.6) is 5.88 Å². The molecule has 0 N–H and O–H groups in total. The van der Waals surface area contributed by atoms with Crippen LogP contribution in [0, 0.1) is 6.92 Å². The lowest BCUT2D eigenvalue weighted by atomic mass is 10.0. The van der Waals surface area contributed by atoms with Crippen LogP contribution >= 0.6 is 0 Å². The number of hydrogen-bond acceptors (Lipinski definition) is 4. The molecule has 132 valence electrons. The molecule has 1 aliphatic heterocycles. The molecule has 1 fully saturated rings. The number of hydrogen-bond donors (Lipinski definition) is 0. The molecule has 2 aromatic heterocycles. The van der Waals surface area contributed by atoms with Crippen LogP contribution in [-0.4, -0.2) is 40.0 Å². The SMILES string of the molecule is CCOc1ncccc1C(=O)N1CCC[C@@H]1CCc1ccnc(C)c1. The molecule has 0 spiro atoms. The van der Waals surface area contributed by atoms with Crippen LogP contribution < -0.4 is 4.74 Å². The Labute approximate surface area is 149 Å². The summed E-state index contributed by atoms with van der Waals surface area (Å²) in [7, 11) is 0. The van der Waals surface area contributed by atoms with Gasteiger partial charge in [0.05, 0.1) is 6.61 Å². The maximum atomic E-state index is 13.0. The Bertz CT molecular complexity index is 732. The highest BCUT2D eigenvalue weighted by atomic mass is 16.5. The molecule has 25 heavy (non-hydrogen) atoms. The van der Waals surface area contributed by atoms with Crippen molar-refractivity contribution in [2.75, 3.05) is 13.2 Å². The second kappa shape index (κ2) is 8.10. The average Bonchev–Trinajstić information content (AvgIpc) is 3.09. The summed E-state index contributed by atoms with van der Waals surface area (Å²) >= 11 is 0. The molecular formula is C20H25N3O2. The molecule has 0 unspecified atom stereocenters. The summed E-state index contributed by atoms with van der Waals surface area (Å²) < 4.78 is 5.53. The van der Waals surface area contributed by atoms with Crippen LogP contribution in [-0.2, 0) is 6.42 Å². The minimum atomic E-state index is 0.0324. The van der Waals surface area contributed by atoms with Crippen LogP contribution in [0.2, 0.25) is 0 Å². The Kier molecular flexibility index (Phi) is 5.64. The lowest BCUT2D eigenvalue weighted by Gasteiger charge is -2.25. The van der Waals surface area contributed by atoms with Gasteiger partial charge in [0.2, 0.25) is 5.88 Å². The summed E-state index contributed by atoms with van der Waals surface area (Å²) in [6.45, 7) is 5.21. The van der Waals surface area contributed by atoms with Gasteiger partial charge in [-0.3, -0.25) is 9.78 Å². The van der Waals surface area contributed by atoms with Gasteiger partial charge >= 0.3 is 0 Å². The van der Waals surface area contributed by atoms with Crippen LogP contribution in [0.15, 0.2) is 36.7 Å². The Morgan fingerprint density at radius 2 is 2.20 bits per heavy atom. The Hall–Kier alpha value is -2.43. The van der Waals surface area contributed by atoms with E-state index in [0.717, 1.165) is 37.9 Å². The van der Waals surface area contributed by atoms with E-state index in [4.69, 9.17) is 4.74 Å². The zero-order chi connectivity index (χ0) is 17.6. The second-order valence-corrected chi connectivity index (χ2v) is 6.43. The van der Waals surface area contributed by atoms with Crippen molar-refractivity contribution in [2.45, 2.75) is 45.6 Å². The molecule has 1 saturated heterocycles. The Morgan fingerprint density at radius 3 is 3.00 bits per heavy atom. The second-order valence-electron chi connectivity index (χ2n) is 6.43. The number of carbonyl (C=O) groups excluding carboxylic acids is 1. The number of likely N-dealkylation sites (tertiary alicyclic amines) is 1. The number of ether oxygens (including phenoxy) is 1. The maximum absolute atomic E-state index is 13.0. The largest absolute Gasteiger partial charge is 0.477 e. The van der Waals surface area contributed by atoms with Gasteiger partial charge in [-0.15, -0.1) is 0 Å². The van der Waals surface area contributed by atoms with E-state index in [9.17, 15) is 4.79 Å². The van der Waals surface area contributed by atoms with Gasteiger partial charge in [-0.1, -0.05) is 0 Å². The smallest absolute Gasteiger partial charge is 0.259 e. The summed E-state index contributed by atoms with van der Waals surface area (Å²) in [6, 6.07) is 8.05. The number of aryl methyl sites for hydroxylation is 2. The fourth-order valence-electron chi connectivity index (χ4n) is 3.46. The molecule has 5 heteroatoms. The number of pyridine rings is 2. The van der Waals surface area contributed by atoms with Crippen LogP contribution in [0.25, 0.3) is 0 Å². The van der Waals surface area contributed by atoms with Crippen LogP contribution in [0.4, 0.5) is 0 Å². The highest BCUT2D eigenvalue weighted by Gasteiger charge is 2.30. The number of nitrogens with zero attached hydrogens (tertiary/aromatic N) is 3. The van der Waals surface area contributed by atoms with Crippen LogP contribution in [0.3, 0.4) is 0 Å². The van der Waals surface area contributed by atoms with E-state index in [0.29, 0.717) is 18.1 Å². The standard InChI is InChI=1S/C20H25N3O2/c1-3-25-19-18(7-4-11-22-19)20(24)23-13-5-6-17(23)9-8-16-10-12-21-15(2)14-16/h4,7,10-12,14,17H,3,5-6,8-9,13H2,1-2H3/t17-/m1/s1. The van der Waals surface area contributed by atoms with E-state index in [1.165, 1.54) is 5.56 Å². The van der Waals surface area contributed by atoms with Crippen molar-refractivity contribution < 1.29 is 9.53 Å². The molecule has 5 nitrogen and oxygen atoms in total. The summed E-state index contributed by atoms with van der Waals surface area (Å²) in [5.74, 6) is 0.468. The molecule has 0 radical (unpaired) electrons. The first-order valence-electron chi connectivity index (χ1n) is 8.99. The molecule has 3 rings (SSSR count). The normalized spacial score (nSPS) is 16.9. The van der Waals surface area contributed by atoms with Crippen molar-refractivity contribution in [2.24, 2.45) is 0 Å². The van der Waals surface area contributed by atoms with Crippen molar-refractivity contribution in [1.82, 2.24) is 14.9 Å². The Morgan fingerprint density at radius 1 is 1.32 bits per heavy atom. The van der Waals surface area contributed by atoms with E-state index in [-0.39, 0.29) is 11.9 Å².